The predicted molar refractivity (Wildman–Crippen MR) is 78.7 cm³/mol. The molecule has 110 valence electrons. The van der Waals surface area contributed by atoms with E-state index in [4.69, 9.17) is 11.2 Å². The van der Waals surface area contributed by atoms with Gasteiger partial charge in [-0.1, -0.05) is 70.0 Å². The predicted octanol–water partition coefficient (Wildman–Crippen LogP) is 4.30. The van der Waals surface area contributed by atoms with Gasteiger partial charge in [0.05, 0.1) is 5.60 Å². The second kappa shape index (κ2) is 10.3. The molecular formula is C13H28ClO3P. The van der Waals surface area contributed by atoms with Crippen molar-refractivity contribution in [1.29, 1.82) is 0 Å². The molecule has 2 N–H and O–H groups in total. The Labute approximate surface area is 117 Å². The van der Waals surface area contributed by atoms with Crippen LogP contribution in [0.15, 0.2) is 0 Å². The van der Waals surface area contributed by atoms with Gasteiger partial charge in [0.2, 0.25) is 0 Å². The van der Waals surface area contributed by atoms with Crippen molar-refractivity contribution >= 4 is 18.4 Å². The summed E-state index contributed by atoms with van der Waals surface area (Å²) in [5, 5.41) is 20.3. The Balaban J connectivity index is 4.34. The molecule has 3 nitrogen and oxygen atoms in total. The van der Waals surface area contributed by atoms with Crippen LogP contribution in [0.1, 0.15) is 71.6 Å². The molecule has 0 rings (SSSR count). The molecule has 0 aliphatic rings. The normalized spacial score (nSPS) is 18.3. The molecule has 0 spiro atoms. The number of halogens is 1. The second-order valence-corrected chi connectivity index (χ2v) is 7.35. The summed E-state index contributed by atoms with van der Waals surface area (Å²) in [7, 11) is -2.62. The summed E-state index contributed by atoms with van der Waals surface area (Å²) in [6, 6.07) is 0. The van der Waals surface area contributed by atoms with Crippen LogP contribution in [0.4, 0.5) is 0 Å². The largest absolute Gasteiger partial charge is 0.387 e. The van der Waals surface area contributed by atoms with Crippen molar-refractivity contribution in [2.24, 2.45) is 0 Å². The lowest BCUT2D eigenvalue weighted by molar-refractivity contribution is -0.0511. The number of rotatable bonds is 11. The van der Waals surface area contributed by atoms with Crippen molar-refractivity contribution < 1.29 is 14.8 Å². The van der Waals surface area contributed by atoms with Gasteiger partial charge in [-0.25, -0.2) is 0 Å². The minimum atomic E-state index is -2.62. The maximum Gasteiger partial charge on any atom is 0.188 e. The minimum absolute atomic E-state index is 0.483. The van der Waals surface area contributed by atoms with E-state index in [1.807, 2.05) is 0 Å². The van der Waals surface area contributed by atoms with Crippen molar-refractivity contribution in [3.63, 3.8) is 0 Å². The van der Waals surface area contributed by atoms with Gasteiger partial charge in [0.1, 0.15) is 5.85 Å². The van der Waals surface area contributed by atoms with Gasteiger partial charge in [0, 0.05) is 0 Å². The molecular weight excluding hydrogens is 271 g/mol. The molecule has 0 aromatic rings. The Morgan fingerprint density at radius 1 is 1.06 bits per heavy atom. The zero-order valence-electron chi connectivity index (χ0n) is 11.6. The highest BCUT2D eigenvalue weighted by Crippen LogP contribution is 2.42. The monoisotopic (exact) mass is 298 g/mol. The Hall–Kier alpha value is 0.440. The molecule has 3 atom stereocenters. The van der Waals surface area contributed by atoms with Crippen LogP contribution in [0.5, 0.6) is 0 Å². The highest BCUT2D eigenvalue weighted by Gasteiger charge is 2.37. The highest BCUT2D eigenvalue weighted by molar-refractivity contribution is 7.74. The third kappa shape index (κ3) is 7.13. The van der Waals surface area contributed by atoms with Crippen molar-refractivity contribution in [2.45, 2.75) is 83.1 Å². The van der Waals surface area contributed by atoms with E-state index in [0.29, 0.717) is 12.8 Å². The fourth-order valence-electron chi connectivity index (χ4n) is 2.15. The van der Waals surface area contributed by atoms with Crippen LogP contribution in [0.3, 0.4) is 0 Å². The summed E-state index contributed by atoms with van der Waals surface area (Å²) in [6.07, 6.45) is 8.00. The van der Waals surface area contributed by atoms with E-state index < -0.39 is 18.6 Å². The Morgan fingerprint density at radius 3 is 1.94 bits per heavy atom. The average Bonchev–Trinajstić information content (AvgIpc) is 2.34. The third-order valence-electron chi connectivity index (χ3n) is 3.40. The number of aliphatic hydroxyl groups is 2. The summed E-state index contributed by atoms with van der Waals surface area (Å²) in [5.41, 5.74) is -1.26. The molecule has 3 unspecified atom stereocenters. The van der Waals surface area contributed by atoms with Crippen LogP contribution in [-0.4, -0.2) is 21.7 Å². The summed E-state index contributed by atoms with van der Waals surface area (Å²) in [4.78, 5) is 0. The van der Waals surface area contributed by atoms with E-state index in [9.17, 15) is 14.8 Å². The molecule has 0 aromatic carbocycles. The highest BCUT2D eigenvalue weighted by atomic mass is 35.7. The van der Waals surface area contributed by atoms with E-state index in [0.717, 1.165) is 44.9 Å². The third-order valence-corrected chi connectivity index (χ3v) is 4.99. The van der Waals surface area contributed by atoms with Gasteiger partial charge in [-0.3, -0.25) is 0 Å². The van der Waals surface area contributed by atoms with Gasteiger partial charge in [0.15, 0.2) is 7.15 Å². The summed E-state index contributed by atoms with van der Waals surface area (Å²) in [5.74, 6) is -1.28. The first kappa shape index (κ1) is 18.4. The molecule has 0 heterocycles. The summed E-state index contributed by atoms with van der Waals surface area (Å²) < 4.78 is 11.3. The molecule has 0 bridgehead atoms. The Kier molecular flexibility index (Phi) is 10.5. The van der Waals surface area contributed by atoms with Gasteiger partial charge in [-0.05, 0) is 12.8 Å². The molecule has 0 saturated heterocycles. The second-order valence-electron chi connectivity index (χ2n) is 5.08. The summed E-state index contributed by atoms with van der Waals surface area (Å²) in [6.45, 7) is 4.21. The maximum absolute atomic E-state index is 11.3. The fourth-order valence-corrected chi connectivity index (χ4v) is 3.47. The average molecular weight is 299 g/mol. The molecule has 0 saturated carbocycles. The molecule has 18 heavy (non-hydrogen) atoms. The minimum Gasteiger partial charge on any atom is -0.387 e. The van der Waals surface area contributed by atoms with Crippen molar-refractivity contribution in [3.8, 4) is 0 Å². The summed E-state index contributed by atoms with van der Waals surface area (Å²) >= 11 is 5.50. The van der Waals surface area contributed by atoms with E-state index >= 15 is 0 Å². The van der Waals surface area contributed by atoms with E-state index in [1.165, 1.54) is 0 Å². The number of hydrogen-bond acceptors (Lipinski definition) is 3. The van der Waals surface area contributed by atoms with E-state index in [-0.39, 0.29) is 0 Å². The maximum atomic E-state index is 11.3. The van der Waals surface area contributed by atoms with E-state index in [2.05, 4.69) is 13.8 Å². The zero-order chi connectivity index (χ0) is 14.0. The van der Waals surface area contributed by atoms with Crippen LogP contribution in [-0.2, 0) is 4.57 Å². The quantitative estimate of drug-likeness (QED) is 0.442. The van der Waals surface area contributed by atoms with Gasteiger partial charge in [-0.2, -0.15) is 0 Å². The molecule has 0 fully saturated rings. The number of unbranched alkanes of at least 4 members (excludes halogenated alkanes) is 5. The van der Waals surface area contributed by atoms with E-state index in [1.54, 1.807) is 0 Å². The molecule has 0 aromatic heterocycles. The lowest BCUT2D eigenvalue weighted by Gasteiger charge is -2.31. The van der Waals surface area contributed by atoms with Crippen molar-refractivity contribution in [2.75, 3.05) is 0 Å². The van der Waals surface area contributed by atoms with Crippen molar-refractivity contribution in [1.82, 2.24) is 0 Å². The molecule has 0 aliphatic heterocycles. The molecule has 0 aliphatic carbocycles. The smallest absolute Gasteiger partial charge is 0.188 e. The van der Waals surface area contributed by atoms with Gasteiger partial charge in [-0.15, -0.1) is 0 Å². The first-order valence-corrected chi connectivity index (χ1v) is 9.57. The van der Waals surface area contributed by atoms with Gasteiger partial charge >= 0.3 is 0 Å². The lowest BCUT2D eigenvalue weighted by atomic mass is 9.90. The first-order valence-electron chi connectivity index (χ1n) is 7.07. The topological polar surface area (TPSA) is 57.5 Å². The zero-order valence-corrected chi connectivity index (χ0v) is 13.4. The van der Waals surface area contributed by atoms with Crippen LogP contribution in [0.25, 0.3) is 0 Å². The number of hydrogen-bond donors (Lipinski definition) is 2. The number of aliphatic hydroxyl groups excluding tert-OH is 1. The van der Waals surface area contributed by atoms with Crippen LogP contribution < -0.4 is 0 Å². The lowest BCUT2D eigenvalue weighted by Crippen LogP contribution is -2.39. The molecule has 0 amide bonds. The molecule has 5 heteroatoms. The fraction of sp³-hybridized carbons (Fsp3) is 1.00. The Bertz CT molecular complexity index is 238. The van der Waals surface area contributed by atoms with Crippen LogP contribution in [0.2, 0.25) is 0 Å². The molecule has 0 radical (unpaired) electrons. The van der Waals surface area contributed by atoms with Gasteiger partial charge < -0.3 is 14.8 Å². The van der Waals surface area contributed by atoms with Crippen molar-refractivity contribution in [3.05, 3.63) is 0 Å². The first-order chi connectivity index (χ1) is 8.48. The standard InChI is InChI=1S/C13H28ClO3P/c1-3-5-7-9-11-13(16,10-8-6-4-2)12(15)18(14)17/h12,15-16,18H,3-11H2,1-2H3. The SMILES string of the molecule is CCCCCCC(O)(CCCCC)C(O)[PH](=O)Cl. The van der Waals surface area contributed by atoms with Crippen LogP contribution in [0, 0.1) is 0 Å². The Morgan fingerprint density at radius 2 is 1.50 bits per heavy atom. The van der Waals surface area contributed by atoms with Crippen LogP contribution >= 0.6 is 18.4 Å². The van der Waals surface area contributed by atoms with Gasteiger partial charge in [0.25, 0.3) is 0 Å².